The molecule has 0 aromatic heterocycles. The van der Waals surface area contributed by atoms with Gasteiger partial charge in [-0.25, -0.2) is 0 Å². The molecular formula is C12H17NO5S. The summed E-state index contributed by atoms with van der Waals surface area (Å²) in [6.07, 6.45) is -4.80. The zero-order valence-electron chi connectivity index (χ0n) is 10.1. The highest BCUT2D eigenvalue weighted by atomic mass is 32.2. The number of hydrogen-bond acceptors (Lipinski definition) is 7. The van der Waals surface area contributed by atoms with Crippen molar-refractivity contribution in [3.8, 4) is 0 Å². The van der Waals surface area contributed by atoms with E-state index in [2.05, 4.69) is 0 Å². The molecular weight excluding hydrogens is 270 g/mol. The molecule has 1 saturated heterocycles. The maximum Gasteiger partial charge on any atom is 0.136 e. The monoisotopic (exact) mass is 287 g/mol. The molecule has 7 heteroatoms. The van der Waals surface area contributed by atoms with Crippen LogP contribution in [0.2, 0.25) is 0 Å². The van der Waals surface area contributed by atoms with E-state index >= 15 is 0 Å². The fourth-order valence-electron chi connectivity index (χ4n) is 1.85. The number of nitrogens with two attached hydrogens (primary N) is 1. The molecule has 2 rings (SSSR count). The van der Waals surface area contributed by atoms with Gasteiger partial charge in [-0.1, -0.05) is 11.8 Å². The third-order valence-corrected chi connectivity index (χ3v) is 4.15. The van der Waals surface area contributed by atoms with Crippen molar-refractivity contribution in [1.29, 1.82) is 0 Å². The fourth-order valence-corrected chi connectivity index (χ4v) is 2.91. The largest absolute Gasteiger partial charge is 0.399 e. The van der Waals surface area contributed by atoms with Crippen molar-refractivity contribution in [3.63, 3.8) is 0 Å². The van der Waals surface area contributed by atoms with Gasteiger partial charge in [-0.15, -0.1) is 0 Å². The van der Waals surface area contributed by atoms with E-state index in [1.54, 1.807) is 24.3 Å². The van der Waals surface area contributed by atoms with Gasteiger partial charge in [-0.2, -0.15) is 0 Å². The molecule has 1 fully saturated rings. The summed E-state index contributed by atoms with van der Waals surface area (Å²) < 4.78 is 5.39. The van der Waals surface area contributed by atoms with E-state index in [4.69, 9.17) is 15.6 Å². The van der Waals surface area contributed by atoms with Crippen LogP contribution in [0, 0.1) is 0 Å². The number of anilines is 1. The maximum absolute atomic E-state index is 9.87. The third-order valence-electron chi connectivity index (χ3n) is 2.98. The summed E-state index contributed by atoms with van der Waals surface area (Å²) in [4.78, 5) is 0.804. The van der Waals surface area contributed by atoms with Crippen LogP contribution >= 0.6 is 11.8 Å². The molecule has 0 amide bonds. The Kier molecular flexibility index (Phi) is 4.67. The normalized spacial score (nSPS) is 35.3. The summed E-state index contributed by atoms with van der Waals surface area (Å²) in [5.74, 6) is 0. The van der Waals surface area contributed by atoms with Crippen molar-refractivity contribution in [2.45, 2.75) is 34.7 Å². The smallest absolute Gasteiger partial charge is 0.136 e. The van der Waals surface area contributed by atoms with Crippen molar-refractivity contribution in [3.05, 3.63) is 24.3 Å². The summed E-state index contributed by atoms with van der Waals surface area (Å²) in [6, 6.07) is 6.96. The van der Waals surface area contributed by atoms with Gasteiger partial charge >= 0.3 is 0 Å². The molecule has 0 aliphatic carbocycles. The summed E-state index contributed by atoms with van der Waals surface area (Å²) in [6.45, 7) is -0.427. The van der Waals surface area contributed by atoms with Crippen LogP contribution in [0.15, 0.2) is 29.2 Å². The lowest BCUT2D eigenvalue weighted by Crippen LogP contribution is -2.57. The SMILES string of the molecule is Nc1ccc(S[C@@H]2O[C@@H](CO)[C@H](O)[C@H](O)[C@H]2O)cc1. The predicted octanol–water partition coefficient (Wildman–Crippen LogP) is -0.839. The summed E-state index contributed by atoms with van der Waals surface area (Å²) in [7, 11) is 0. The lowest BCUT2D eigenvalue weighted by atomic mass is 10.0. The van der Waals surface area contributed by atoms with Crippen molar-refractivity contribution >= 4 is 17.4 Å². The molecule has 0 saturated carbocycles. The van der Waals surface area contributed by atoms with Crippen molar-refractivity contribution in [1.82, 2.24) is 0 Å². The van der Waals surface area contributed by atoms with Crippen LogP contribution in [-0.2, 0) is 4.74 Å². The van der Waals surface area contributed by atoms with Crippen LogP contribution in [0.5, 0.6) is 0 Å². The Morgan fingerprint density at radius 1 is 1.05 bits per heavy atom. The average Bonchev–Trinajstić information content (AvgIpc) is 2.42. The number of ether oxygens (including phenoxy) is 1. The molecule has 1 aliphatic rings. The quantitative estimate of drug-likeness (QED) is 0.460. The van der Waals surface area contributed by atoms with E-state index in [0.717, 1.165) is 4.90 Å². The van der Waals surface area contributed by atoms with E-state index in [9.17, 15) is 15.3 Å². The Morgan fingerprint density at radius 3 is 2.26 bits per heavy atom. The molecule has 106 valence electrons. The number of rotatable bonds is 3. The second-order valence-corrected chi connectivity index (χ2v) is 5.56. The van der Waals surface area contributed by atoms with Gasteiger partial charge in [0.05, 0.1) is 6.61 Å². The van der Waals surface area contributed by atoms with Crippen LogP contribution in [0.3, 0.4) is 0 Å². The first kappa shape index (κ1) is 14.6. The molecule has 0 unspecified atom stereocenters. The van der Waals surface area contributed by atoms with E-state index in [1.165, 1.54) is 11.8 Å². The van der Waals surface area contributed by atoms with Gasteiger partial charge in [-0.05, 0) is 24.3 Å². The molecule has 0 spiro atoms. The van der Waals surface area contributed by atoms with Crippen LogP contribution in [-0.4, -0.2) is 56.9 Å². The summed E-state index contributed by atoms with van der Waals surface area (Å²) in [5.41, 5.74) is 5.43. The summed E-state index contributed by atoms with van der Waals surface area (Å²) in [5, 5.41) is 38.3. The molecule has 6 N–H and O–H groups in total. The highest BCUT2D eigenvalue weighted by Gasteiger charge is 2.43. The molecule has 0 bridgehead atoms. The Hall–Kier alpha value is -0.830. The standard InChI is InChI=1S/C12H17NO5S/c13-6-1-3-7(4-2-6)19-12-11(17)10(16)9(15)8(5-14)18-12/h1-4,8-12,14-17H,5,13H2/t8-,9-,10-,11+,12-/m0/s1. The first-order valence-corrected chi connectivity index (χ1v) is 6.73. The van der Waals surface area contributed by atoms with Gasteiger partial charge in [0.1, 0.15) is 29.9 Å². The molecule has 1 aromatic rings. The number of hydrogen-bond donors (Lipinski definition) is 5. The molecule has 6 nitrogen and oxygen atoms in total. The number of thioether (sulfide) groups is 1. The fraction of sp³-hybridized carbons (Fsp3) is 0.500. The minimum absolute atomic E-state index is 0.427. The Morgan fingerprint density at radius 2 is 1.68 bits per heavy atom. The van der Waals surface area contributed by atoms with E-state index < -0.39 is 36.5 Å². The first-order valence-electron chi connectivity index (χ1n) is 5.85. The van der Waals surface area contributed by atoms with Crippen LogP contribution in [0.1, 0.15) is 0 Å². The highest BCUT2D eigenvalue weighted by Crippen LogP contribution is 2.33. The van der Waals surface area contributed by atoms with E-state index in [0.29, 0.717) is 5.69 Å². The molecule has 5 atom stereocenters. The van der Waals surface area contributed by atoms with Crippen LogP contribution in [0.25, 0.3) is 0 Å². The maximum atomic E-state index is 9.87. The Labute approximate surface area is 114 Å². The second-order valence-electron chi connectivity index (χ2n) is 4.38. The molecule has 1 heterocycles. The number of aliphatic hydroxyl groups is 4. The second kappa shape index (κ2) is 6.08. The zero-order chi connectivity index (χ0) is 14.0. The van der Waals surface area contributed by atoms with Gasteiger partial charge in [0.15, 0.2) is 0 Å². The number of benzene rings is 1. The lowest BCUT2D eigenvalue weighted by Gasteiger charge is -2.39. The van der Waals surface area contributed by atoms with E-state index in [1.807, 2.05) is 0 Å². The van der Waals surface area contributed by atoms with Gasteiger partial charge in [0, 0.05) is 10.6 Å². The topological polar surface area (TPSA) is 116 Å². The Balaban J connectivity index is 2.08. The number of nitrogen functional groups attached to an aromatic ring is 1. The minimum atomic E-state index is -1.35. The van der Waals surface area contributed by atoms with Crippen molar-refractivity contribution < 1.29 is 25.2 Å². The predicted molar refractivity (Wildman–Crippen MR) is 70.5 cm³/mol. The van der Waals surface area contributed by atoms with Crippen molar-refractivity contribution in [2.24, 2.45) is 0 Å². The molecule has 0 radical (unpaired) electrons. The average molecular weight is 287 g/mol. The highest BCUT2D eigenvalue weighted by molar-refractivity contribution is 7.99. The number of aliphatic hydroxyl groups excluding tert-OH is 4. The van der Waals surface area contributed by atoms with Crippen LogP contribution < -0.4 is 5.73 Å². The van der Waals surface area contributed by atoms with Gasteiger partial charge in [0.2, 0.25) is 0 Å². The minimum Gasteiger partial charge on any atom is -0.399 e. The van der Waals surface area contributed by atoms with Crippen molar-refractivity contribution in [2.75, 3.05) is 12.3 Å². The third kappa shape index (κ3) is 3.19. The van der Waals surface area contributed by atoms with Gasteiger partial charge in [-0.3, -0.25) is 0 Å². The zero-order valence-corrected chi connectivity index (χ0v) is 10.9. The molecule has 1 aromatic carbocycles. The van der Waals surface area contributed by atoms with Gasteiger partial charge in [0.25, 0.3) is 0 Å². The summed E-state index contributed by atoms with van der Waals surface area (Å²) >= 11 is 1.20. The molecule has 1 aliphatic heterocycles. The van der Waals surface area contributed by atoms with Gasteiger partial charge < -0.3 is 30.9 Å². The van der Waals surface area contributed by atoms with Crippen LogP contribution in [0.4, 0.5) is 5.69 Å². The molecule has 19 heavy (non-hydrogen) atoms. The lowest BCUT2D eigenvalue weighted by molar-refractivity contribution is -0.205. The van der Waals surface area contributed by atoms with E-state index in [-0.39, 0.29) is 0 Å². The first-order chi connectivity index (χ1) is 9.02. The Bertz CT molecular complexity index is 413.